The first-order valence-corrected chi connectivity index (χ1v) is 4.01. The number of ether oxygens (including phenoxy) is 2. The van der Waals surface area contributed by atoms with Gasteiger partial charge in [0.15, 0.2) is 13.1 Å². The number of rotatable bonds is 2. The van der Waals surface area contributed by atoms with Crippen LogP contribution in [0.4, 0.5) is 0 Å². The molecule has 1 fully saturated rings. The van der Waals surface area contributed by atoms with Crippen molar-refractivity contribution in [2.24, 2.45) is 0 Å². The van der Waals surface area contributed by atoms with Gasteiger partial charge in [0.05, 0.1) is 6.10 Å². The molecule has 0 aliphatic carbocycles. The molecule has 0 aromatic heterocycles. The van der Waals surface area contributed by atoms with E-state index >= 15 is 0 Å². The number of nitrogens with zero attached hydrogens (tertiary/aromatic N) is 1. The highest BCUT2D eigenvalue weighted by molar-refractivity contribution is 5.14. The van der Waals surface area contributed by atoms with Gasteiger partial charge in [-0.25, -0.2) is 4.58 Å². The van der Waals surface area contributed by atoms with Crippen LogP contribution in [0.15, 0.2) is 0 Å². The standard InChI is InChI=1S/C8H16NO2/c1-7(2)11-8-6-9(3)4-5-10-8/h7-8H,3-6H2,1-2H3/q+1/t8-/m1/s1. The van der Waals surface area contributed by atoms with Gasteiger partial charge in [-0.15, -0.1) is 0 Å². The van der Waals surface area contributed by atoms with Crippen molar-refractivity contribution in [3.05, 3.63) is 0 Å². The summed E-state index contributed by atoms with van der Waals surface area (Å²) in [6.45, 7) is 10.2. The largest absolute Gasteiger partial charge is 0.344 e. The van der Waals surface area contributed by atoms with E-state index in [1.807, 2.05) is 18.4 Å². The van der Waals surface area contributed by atoms with Crippen molar-refractivity contribution in [1.82, 2.24) is 0 Å². The van der Waals surface area contributed by atoms with Crippen LogP contribution >= 0.6 is 0 Å². The van der Waals surface area contributed by atoms with E-state index in [0.29, 0.717) is 0 Å². The zero-order valence-corrected chi connectivity index (χ0v) is 7.25. The molecule has 0 bridgehead atoms. The molecule has 11 heavy (non-hydrogen) atoms. The van der Waals surface area contributed by atoms with E-state index in [4.69, 9.17) is 9.47 Å². The van der Waals surface area contributed by atoms with Gasteiger partial charge in [0, 0.05) is 0 Å². The fraction of sp³-hybridized carbons (Fsp3) is 0.875. The van der Waals surface area contributed by atoms with E-state index in [1.165, 1.54) is 0 Å². The fourth-order valence-corrected chi connectivity index (χ4v) is 1.05. The average Bonchev–Trinajstić information content (AvgIpc) is 1.85. The minimum atomic E-state index is -0.0822. The topological polar surface area (TPSA) is 21.5 Å². The van der Waals surface area contributed by atoms with Gasteiger partial charge in [0.25, 0.3) is 0 Å². The molecule has 0 amide bonds. The Morgan fingerprint density at radius 1 is 1.64 bits per heavy atom. The first-order valence-electron chi connectivity index (χ1n) is 4.01. The van der Waals surface area contributed by atoms with E-state index in [9.17, 15) is 0 Å². The Hall–Kier alpha value is -0.410. The molecule has 0 spiro atoms. The first-order chi connectivity index (χ1) is 5.18. The molecule has 3 heteroatoms. The third-order valence-corrected chi connectivity index (χ3v) is 1.54. The Bertz CT molecular complexity index is 145. The molecule has 1 atom stereocenters. The molecule has 1 heterocycles. The highest BCUT2D eigenvalue weighted by atomic mass is 16.7. The SMILES string of the molecule is C=[N+]1CCO[C@H](OC(C)C)C1. The summed E-state index contributed by atoms with van der Waals surface area (Å²) in [6, 6.07) is 0. The van der Waals surface area contributed by atoms with Crippen molar-refractivity contribution in [3.8, 4) is 0 Å². The summed E-state index contributed by atoms with van der Waals surface area (Å²) >= 11 is 0. The molecule has 0 radical (unpaired) electrons. The molecule has 0 aromatic carbocycles. The molecule has 0 unspecified atom stereocenters. The van der Waals surface area contributed by atoms with Crippen LogP contribution in [-0.4, -0.2) is 43.4 Å². The minimum Gasteiger partial charge on any atom is -0.344 e. The quantitative estimate of drug-likeness (QED) is 0.545. The van der Waals surface area contributed by atoms with E-state index < -0.39 is 0 Å². The van der Waals surface area contributed by atoms with E-state index in [1.54, 1.807) is 0 Å². The second-order valence-electron chi connectivity index (χ2n) is 3.06. The molecule has 1 aliphatic rings. The summed E-state index contributed by atoms with van der Waals surface area (Å²) in [5.41, 5.74) is 0. The first kappa shape index (κ1) is 8.68. The Morgan fingerprint density at radius 2 is 2.36 bits per heavy atom. The molecule has 1 saturated heterocycles. The van der Waals surface area contributed by atoms with Crippen LogP contribution in [0.1, 0.15) is 13.8 Å². The third kappa shape index (κ3) is 2.99. The maximum Gasteiger partial charge on any atom is 0.217 e. The lowest BCUT2D eigenvalue weighted by Crippen LogP contribution is -2.38. The lowest BCUT2D eigenvalue weighted by Gasteiger charge is -2.22. The number of hydrogen-bond acceptors (Lipinski definition) is 2. The summed E-state index contributed by atoms with van der Waals surface area (Å²) in [5, 5.41) is 0. The van der Waals surface area contributed by atoms with Gasteiger partial charge in [-0.1, -0.05) is 0 Å². The van der Waals surface area contributed by atoms with Gasteiger partial charge in [-0.2, -0.15) is 0 Å². The Kier molecular flexibility index (Phi) is 3.02. The number of hydrogen-bond donors (Lipinski definition) is 0. The molecule has 3 nitrogen and oxygen atoms in total. The smallest absolute Gasteiger partial charge is 0.217 e. The minimum absolute atomic E-state index is 0.0822. The monoisotopic (exact) mass is 158 g/mol. The van der Waals surface area contributed by atoms with Crippen molar-refractivity contribution in [1.29, 1.82) is 0 Å². The second kappa shape index (κ2) is 3.83. The summed E-state index contributed by atoms with van der Waals surface area (Å²) in [5.74, 6) is 0. The predicted molar refractivity (Wildman–Crippen MR) is 43.1 cm³/mol. The average molecular weight is 158 g/mol. The van der Waals surface area contributed by atoms with Crippen LogP contribution in [0.2, 0.25) is 0 Å². The van der Waals surface area contributed by atoms with Crippen molar-refractivity contribution in [3.63, 3.8) is 0 Å². The van der Waals surface area contributed by atoms with Gasteiger partial charge >= 0.3 is 0 Å². The van der Waals surface area contributed by atoms with Crippen molar-refractivity contribution >= 4 is 6.72 Å². The Balaban J connectivity index is 2.28. The van der Waals surface area contributed by atoms with Crippen LogP contribution < -0.4 is 0 Å². The van der Waals surface area contributed by atoms with Gasteiger partial charge < -0.3 is 9.47 Å². The van der Waals surface area contributed by atoms with Gasteiger partial charge in [-0.05, 0) is 13.8 Å². The summed E-state index contributed by atoms with van der Waals surface area (Å²) in [7, 11) is 0. The lowest BCUT2D eigenvalue weighted by atomic mass is 10.4. The molecule has 1 aliphatic heterocycles. The molecule has 64 valence electrons. The van der Waals surface area contributed by atoms with E-state index in [-0.39, 0.29) is 12.4 Å². The number of morpholine rings is 1. The molecule has 0 aromatic rings. The van der Waals surface area contributed by atoms with Crippen LogP contribution in [0.5, 0.6) is 0 Å². The lowest BCUT2D eigenvalue weighted by molar-refractivity contribution is -0.566. The molecule has 0 saturated carbocycles. The van der Waals surface area contributed by atoms with Crippen molar-refractivity contribution in [2.45, 2.75) is 26.2 Å². The molecule has 1 rings (SSSR count). The normalized spacial score (nSPS) is 26.1. The molecule has 0 N–H and O–H groups in total. The second-order valence-corrected chi connectivity index (χ2v) is 3.06. The van der Waals surface area contributed by atoms with Gasteiger partial charge in [0.2, 0.25) is 6.29 Å². The van der Waals surface area contributed by atoms with E-state index in [2.05, 4.69) is 6.72 Å². The van der Waals surface area contributed by atoms with Crippen LogP contribution in [0.3, 0.4) is 0 Å². The van der Waals surface area contributed by atoms with Crippen LogP contribution in [-0.2, 0) is 9.47 Å². The van der Waals surface area contributed by atoms with Gasteiger partial charge in [0.1, 0.15) is 13.3 Å². The maximum absolute atomic E-state index is 5.46. The highest BCUT2D eigenvalue weighted by Gasteiger charge is 2.22. The van der Waals surface area contributed by atoms with Crippen molar-refractivity contribution in [2.75, 3.05) is 19.7 Å². The summed E-state index contributed by atoms with van der Waals surface area (Å²) in [4.78, 5) is 0. The van der Waals surface area contributed by atoms with Gasteiger partial charge in [-0.3, -0.25) is 0 Å². The Morgan fingerprint density at radius 3 is 2.91 bits per heavy atom. The van der Waals surface area contributed by atoms with Crippen LogP contribution in [0.25, 0.3) is 0 Å². The zero-order chi connectivity index (χ0) is 8.27. The third-order valence-electron chi connectivity index (χ3n) is 1.54. The fourth-order valence-electron chi connectivity index (χ4n) is 1.05. The highest BCUT2D eigenvalue weighted by Crippen LogP contribution is 2.04. The molecular weight excluding hydrogens is 142 g/mol. The Labute approximate surface area is 67.6 Å². The molecular formula is C8H16NO2+. The summed E-state index contributed by atoms with van der Waals surface area (Å²) in [6.07, 6.45) is 0.146. The van der Waals surface area contributed by atoms with E-state index in [0.717, 1.165) is 19.7 Å². The zero-order valence-electron chi connectivity index (χ0n) is 7.25. The maximum atomic E-state index is 5.46. The summed E-state index contributed by atoms with van der Waals surface area (Å²) < 4.78 is 12.8. The predicted octanol–water partition coefficient (Wildman–Crippen LogP) is 0.481. The van der Waals surface area contributed by atoms with Crippen LogP contribution in [0, 0.1) is 0 Å². The van der Waals surface area contributed by atoms with Crippen molar-refractivity contribution < 1.29 is 14.0 Å².